The molecule has 1 unspecified atom stereocenters. The fraction of sp³-hybridized carbons (Fsp3) is 0.571. The first-order valence-electron chi connectivity index (χ1n) is 6.14. The van der Waals surface area contributed by atoms with Crippen molar-refractivity contribution < 1.29 is 4.39 Å². The second-order valence-corrected chi connectivity index (χ2v) is 5.29. The minimum absolute atomic E-state index is 0.149. The van der Waals surface area contributed by atoms with Crippen LogP contribution in [-0.4, -0.2) is 5.38 Å². The van der Waals surface area contributed by atoms with E-state index in [1.54, 1.807) is 12.1 Å². The van der Waals surface area contributed by atoms with Crippen LogP contribution in [0.4, 0.5) is 4.39 Å². The van der Waals surface area contributed by atoms with Crippen LogP contribution in [0.5, 0.6) is 0 Å². The van der Waals surface area contributed by atoms with Gasteiger partial charge in [-0.2, -0.15) is 0 Å². The Morgan fingerprint density at radius 2 is 2.06 bits per heavy atom. The molecule has 1 saturated carbocycles. The van der Waals surface area contributed by atoms with E-state index in [1.165, 1.54) is 31.7 Å². The summed E-state index contributed by atoms with van der Waals surface area (Å²) in [5.74, 6) is 0.541. The maximum atomic E-state index is 13.0. The van der Waals surface area contributed by atoms with Crippen molar-refractivity contribution in [2.75, 3.05) is 0 Å². The number of aryl methyl sites for hydroxylation is 1. The molecule has 2 rings (SSSR count). The highest BCUT2D eigenvalue weighted by Gasteiger charge is 2.22. The standard InChI is InChI=1S/C14H18ClF/c15-14(12-5-1-2-6-12)9-8-11-4-3-7-13(16)10-11/h3-4,7,10,12,14H,1-2,5-6,8-9H2. The zero-order chi connectivity index (χ0) is 11.4. The highest BCUT2D eigenvalue weighted by molar-refractivity contribution is 6.20. The van der Waals surface area contributed by atoms with Gasteiger partial charge in [0.25, 0.3) is 0 Å². The van der Waals surface area contributed by atoms with Crippen LogP contribution in [0.25, 0.3) is 0 Å². The van der Waals surface area contributed by atoms with E-state index < -0.39 is 0 Å². The Hall–Kier alpha value is -0.560. The van der Waals surface area contributed by atoms with E-state index in [1.807, 2.05) is 6.07 Å². The largest absolute Gasteiger partial charge is 0.207 e. The molecular formula is C14H18ClF. The lowest BCUT2D eigenvalue weighted by atomic mass is 9.98. The van der Waals surface area contributed by atoms with Crippen LogP contribution in [0.1, 0.15) is 37.7 Å². The molecule has 1 aliphatic carbocycles. The molecule has 2 heteroatoms. The molecule has 1 atom stereocenters. The van der Waals surface area contributed by atoms with Gasteiger partial charge in [-0.1, -0.05) is 25.0 Å². The van der Waals surface area contributed by atoms with Crippen LogP contribution in [0.2, 0.25) is 0 Å². The molecule has 0 radical (unpaired) electrons. The van der Waals surface area contributed by atoms with Gasteiger partial charge in [0.2, 0.25) is 0 Å². The Labute approximate surface area is 102 Å². The number of benzene rings is 1. The van der Waals surface area contributed by atoms with Crippen molar-refractivity contribution >= 4 is 11.6 Å². The number of hydrogen-bond acceptors (Lipinski definition) is 0. The van der Waals surface area contributed by atoms with Crippen molar-refractivity contribution in [2.24, 2.45) is 5.92 Å². The predicted octanol–water partition coefficient (Wildman–Crippen LogP) is 4.56. The van der Waals surface area contributed by atoms with Crippen LogP contribution >= 0.6 is 11.6 Å². The third-order valence-electron chi connectivity index (χ3n) is 3.51. The van der Waals surface area contributed by atoms with Crippen molar-refractivity contribution in [3.63, 3.8) is 0 Å². The summed E-state index contributed by atoms with van der Waals surface area (Å²) in [6.45, 7) is 0. The minimum Gasteiger partial charge on any atom is -0.207 e. The SMILES string of the molecule is Fc1cccc(CCC(Cl)C2CCCC2)c1. The van der Waals surface area contributed by atoms with Gasteiger partial charge in [-0.15, -0.1) is 11.6 Å². The van der Waals surface area contributed by atoms with Gasteiger partial charge >= 0.3 is 0 Å². The zero-order valence-electron chi connectivity index (χ0n) is 9.46. The molecule has 1 aromatic carbocycles. The number of hydrogen-bond donors (Lipinski definition) is 0. The van der Waals surface area contributed by atoms with Gasteiger partial charge in [-0.25, -0.2) is 4.39 Å². The molecule has 0 heterocycles. The van der Waals surface area contributed by atoms with Crippen molar-refractivity contribution in [1.82, 2.24) is 0 Å². The molecule has 16 heavy (non-hydrogen) atoms. The lowest BCUT2D eigenvalue weighted by Crippen LogP contribution is -2.12. The molecule has 1 aromatic rings. The van der Waals surface area contributed by atoms with Gasteiger partial charge in [0.05, 0.1) is 0 Å². The summed E-state index contributed by atoms with van der Waals surface area (Å²) in [4.78, 5) is 0. The molecule has 88 valence electrons. The van der Waals surface area contributed by atoms with Gasteiger partial charge in [0, 0.05) is 5.38 Å². The normalized spacial score (nSPS) is 18.9. The third kappa shape index (κ3) is 3.21. The second kappa shape index (κ2) is 5.67. The molecule has 0 aromatic heterocycles. The summed E-state index contributed by atoms with van der Waals surface area (Å²) in [5.41, 5.74) is 1.06. The first kappa shape index (κ1) is 11.9. The van der Waals surface area contributed by atoms with E-state index in [0.29, 0.717) is 5.92 Å². The predicted molar refractivity (Wildman–Crippen MR) is 66.3 cm³/mol. The Morgan fingerprint density at radius 3 is 2.75 bits per heavy atom. The monoisotopic (exact) mass is 240 g/mol. The first-order chi connectivity index (χ1) is 7.75. The van der Waals surface area contributed by atoms with Crippen LogP contribution in [-0.2, 0) is 6.42 Å². The number of halogens is 2. The highest BCUT2D eigenvalue weighted by atomic mass is 35.5. The number of alkyl halides is 1. The van der Waals surface area contributed by atoms with E-state index in [0.717, 1.165) is 18.4 Å². The van der Waals surface area contributed by atoms with Crippen LogP contribution in [0.15, 0.2) is 24.3 Å². The maximum Gasteiger partial charge on any atom is 0.123 e. The van der Waals surface area contributed by atoms with Gasteiger partial charge < -0.3 is 0 Å². The molecule has 0 N–H and O–H groups in total. The third-order valence-corrected chi connectivity index (χ3v) is 4.08. The highest BCUT2D eigenvalue weighted by Crippen LogP contribution is 2.32. The van der Waals surface area contributed by atoms with Gasteiger partial charge in [0.1, 0.15) is 5.82 Å². The fourth-order valence-corrected chi connectivity index (χ4v) is 2.91. The molecular weight excluding hydrogens is 223 g/mol. The van der Waals surface area contributed by atoms with E-state index in [2.05, 4.69) is 0 Å². The first-order valence-corrected chi connectivity index (χ1v) is 6.58. The fourth-order valence-electron chi connectivity index (χ4n) is 2.55. The van der Waals surface area contributed by atoms with Crippen molar-refractivity contribution in [3.05, 3.63) is 35.6 Å². The van der Waals surface area contributed by atoms with Crippen molar-refractivity contribution in [3.8, 4) is 0 Å². The van der Waals surface area contributed by atoms with Crippen LogP contribution < -0.4 is 0 Å². The van der Waals surface area contributed by atoms with E-state index in [9.17, 15) is 4.39 Å². The molecule has 1 fully saturated rings. The van der Waals surface area contributed by atoms with Crippen molar-refractivity contribution in [1.29, 1.82) is 0 Å². The van der Waals surface area contributed by atoms with Crippen LogP contribution in [0.3, 0.4) is 0 Å². The molecule has 0 nitrogen and oxygen atoms in total. The second-order valence-electron chi connectivity index (χ2n) is 4.73. The molecule has 0 amide bonds. The minimum atomic E-state index is -0.149. The number of rotatable bonds is 4. The Kier molecular flexibility index (Phi) is 4.22. The van der Waals surface area contributed by atoms with E-state index in [-0.39, 0.29) is 11.2 Å². The Bertz CT molecular complexity index is 331. The van der Waals surface area contributed by atoms with Gasteiger partial charge in [-0.3, -0.25) is 0 Å². The lowest BCUT2D eigenvalue weighted by Gasteiger charge is -2.16. The molecule has 0 saturated heterocycles. The van der Waals surface area contributed by atoms with Gasteiger partial charge in [-0.05, 0) is 49.3 Å². The maximum absolute atomic E-state index is 13.0. The summed E-state index contributed by atoms with van der Waals surface area (Å²) in [6.07, 6.45) is 7.06. The topological polar surface area (TPSA) is 0 Å². The Balaban J connectivity index is 1.82. The Morgan fingerprint density at radius 1 is 1.31 bits per heavy atom. The smallest absolute Gasteiger partial charge is 0.123 e. The molecule has 0 aliphatic heterocycles. The molecule has 0 spiro atoms. The molecule has 1 aliphatic rings. The van der Waals surface area contributed by atoms with Crippen molar-refractivity contribution in [2.45, 2.75) is 43.9 Å². The lowest BCUT2D eigenvalue weighted by molar-refractivity contribution is 0.492. The van der Waals surface area contributed by atoms with Crippen LogP contribution in [0, 0.1) is 11.7 Å². The average Bonchev–Trinajstić information content (AvgIpc) is 2.79. The zero-order valence-corrected chi connectivity index (χ0v) is 10.2. The summed E-state index contributed by atoms with van der Waals surface area (Å²) in [5, 5.41) is 0.269. The summed E-state index contributed by atoms with van der Waals surface area (Å²) in [7, 11) is 0. The summed E-state index contributed by atoms with van der Waals surface area (Å²) < 4.78 is 13.0. The van der Waals surface area contributed by atoms with Gasteiger partial charge in [0.15, 0.2) is 0 Å². The van der Waals surface area contributed by atoms with E-state index in [4.69, 9.17) is 11.6 Å². The quantitative estimate of drug-likeness (QED) is 0.677. The van der Waals surface area contributed by atoms with E-state index >= 15 is 0 Å². The molecule has 0 bridgehead atoms. The summed E-state index contributed by atoms with van der Waals surface area (Å²) >= 11 is 6.38. The summed E-state index contributed by atoms with van der Waals surface area (Å²) in [6, 6.07) is 6.84. The average molecular weight is 241 g/mol.